The van der Waals surface area contributed by atoms with Crippen molar-refractivity contribution in [3.63, 3.8) is 0 Å². The Morgan fingerprint density at radius 2 is 2.12 bits per heavy atom. The third-order valence-corrected chi connectivity index (χ3v) is 3.32. The molecule has 1 unspecified atom stereocenters. The monoisotopic (exact) mass is 228 g/mol. The molecule has 0 radical (unpaired) electrons. The molecule has 1 amide bonds. The molecule has 0 bridgehead atoms. The lowest BCUT2D eigenvalue weighted by atomic mass is 10.0. The van der Waals surface area contributed by atoms with E-state index in [0.29, 0.717) is 13.1 Å². The standard InChI is InChI=1S/C11H20N2O3/c1-2-8(5-9(14)15)6-13-10(16)11(7-12)3-4-11/h8H,2-7,12H2,1H3,(H,13,16)(H,14,15). The maximum Gasteiger partial charge on any atom is 0.303 e. The normalized spacial score (nSPS) is 18.9. The van der Waals surface area contributed by atoms with Crippen molar-refractivity contribution in [1.29, 1.82) is 0 Å². The predicted octanol–water partition coefficient (Wildman–Crippen LogP) is 0.342. The van der Waals surface area contributed by atoms with E-state index in [1.807, 2.05) is 6.92 Å². The largest absolute Gasteiger partial charge is 0.481 e. The van der Waals surface area contributed by atoms with Crippen LogP contribution in [0.1, 0.15) is 32.6 Å². The Bertz CT molecular complexity index is 274. The zero-order chi connectivity index (χ0) is 12.2. The fraction of sp³-hybridized carbons (Fsp3) is 0.818. The van der Waals surface area contributed by atoms with Crippen LogP contribution in [0.5, 0.6) is 0 Å². The summed E-state index contributed by atoms with van der Waals surface area (Å²) in [6.07, 6.45) is 2.56. The topological polar surface area (TPSA) is 92.4 Å². The van der Waals surface area contributed by atoms with Crippen LogP contribution in [0.2, 0.25) is 0 Å². The van der Waals surface area contributed by atoms with E-state index in [0.717, 1.165) is 19.3 Å². The Kier molecular flexibility index (Phi) is 4.29. The zero-order valence-corrected chi connectivity index (χ0v) is 9.66. The first-order valence-electron chi connectivity index (χ1n) is 5.74. The molecule has 0 saturated heterocycles. The highest BCUT2D eigenvalue weighted by atomic mass is 16.4. The minimum Gasteiger partial charge on any atom is -0.481 e. The molecular weight excluding hydrogens is 208 g/mol. The second kappa shape index (κ2) is 5.30. The highest BCUT2D eigenvalue weighted by Crippen LogP contribution is 2.44. The number of rotatable bonds is 7. The lowest BCUT2D eigenvalue weighted by Crippen LogP contribution is -2.39. The Labute approximate surface area is 95.4 Å². The molecule has 0 heterocycles. The quantitative estimate of drug-likeness (QED) is 0.586. The number of hydrogen-bond donors (Lipinski definition) is 3. The summed E-state index contributed by atoms with van der Waals surface area (Å²) in [5, 5.41) is 11.5. The van der Waals surface area contributed by atoms with Gasteiger partial charge in [0.05, 0.1) is 5.41 Å². The van der Waals surface area contributed by atoms with Crippen molar-refractivity contribution in [1.82, 2.24) is 5.32 Å². The van der Waals surface area contributed by atoms with Crippen molar-refractivity contribution in [3.05, 3.63) is 0 Å². The number of hydrogen-bond acceptors (Lipinski definition) is 3. The van der Waals surface area contributed by atoms with Gasteiger partial charge < -0.3 is 16.2 Å². The van der Waals surface area contributed by atoms with Crippen molar-refractivity contribution in [2.24, 2.45) is 17.1 Å². The zero-order valence-electron chi connectivity index (χ0n) is 9.66. The molecule has 5 nitrogen and oxygen atoms in total. The number of aliphatic carboxylic acids is 1. The molecule has 4 N–H and O–H groups in total. The smallest absolute Gasteiger partial charge is 0.303 e. The summed E-state index contributed by atoms with van der Waals surface area (Å²) in [4.78, 5) is 22.3. The van der Waals surface area contributed by atoms with Crippen LogP contribution in [0, 0.1) is 11.3 Å². The first-order chi connectivity index (χ1) is 7.54. The van der Waals surface area contributed by atoms with Crippen LogP contribution in [-0.2, 0) is 9.59 Å². The molecule has 1 fully saturated rings. The molecule has 0 aromatic carbocycles. The highest BCUT2D eigenvalue weighted by Gasteiger charge is 2.48. The number of carbonyl (C=O) groups is 2. The van der Waals surface area contributed by atoms with E-state index in [4.69, 9.17) is 10.8 Å². The van der Waals surface area contributed by atoms with Gasteiger partial charge in [0.2, 0.25) is 5.91 Å². The molecule has 1 aliphatic carbocycles. The number of carboxylic acids is 1. The fourth-order valence-corrected chi connectivity index (χ4v) is 1.71. The van der Waals surface area contributed by atoms with E-state index < -0.39 is 5.97 Å². The molecule has 0 spiro atoms. The van der Waals surface area contributed by atoms with E-state index in [2.05, 4.69) is 5.32 Å². The van der Waals surface area contributed by atoms with Gasteiger partial charge in [0.15, 0.2) is 0 Å². The minimum absolute atomic E-state index is 0.00928. The van der Waals surface area contributed by atoms with Gasteiger partial charge in [-0.3, -0.25) is 9.59 Å². The van der Waals surface area contributed by atoms with Crippen LogP contribution in [0.3, 0.4) is 0 Å². The molecule has 5 heteroatoms. The fourth-order valence-electron chi connectivity index (χ4n) is 1.71. The van der Waals surface area contributed by atoms with Gasteiger partial charge in [0, 0.05) is 19.5 Å². The van der Waals surface area contributed by atoms with Crippen molar-refractivity contribution >= 4 is 11.9 Å². The Morgan fingerprint density at radius 3 is 2.50 bits per heavy atom. The molecule has 0 aromatic rings. The van der Waals surface area contributed by atoms with Crippen molar-refractivity contribution < 1.29 is 14.7 Å². The van der Waals surface area contributed by atoms with Gasteiger partial charge in [0.1, 0.15) is 0 Å². The van der Waals surface area contributed by atoms with Gasteiger partial charge in [-0.15, -0.1) is 0 Å². The van der Waals surface area contributed by atoms with E-state index >= 15 is 0 Å². The maximum atomic E-state index is 11.7. The summed E-state index contributed by atoms with van der Waals surface area (Å²) in [7, 11) is 0. The van der Waals surface area contributed by atoms with Gasteiger partial charge in [-0.05, 0) is 18.8 Å². The van der Waals surface area contributed by atoms with Crippen LogP contribution in [-0.4, -0.2) is 30.1 Å². The number of amides is 1. The number of nitrogens with one attached hydrogen (secondary N) is 1. The van der Waals surface area contributed by atoms with Gasteiger partial charge in [-0.1, -0.05) is 13.3 Å². The lowest BCUT2D eigenvalue weighted by Gasteiger charge is -2.17. The molecule has 0 aliphatic heterocycles. The Morgan fingerprint density at radius 1 is 1.50 bits per heavy atom. The van der Waals surface area contributed by atoms with Crippen molar-refractivity contribution in [3.8, 4) is 0 Å². The summed E-state index contributed by atoms with van der Waals surface area (Å²) in [6, 6.07) is 0. The van der Waals surface area contributed by atoms with Gasteiger partial charge in [-0.2, -0.15) is 0 Å². The van der Waals surface area contributed by atoms with Gasteiger partial charge >= 0.3 is 5.97 Å². The van der Waals surface area contributed by atoms with Gasteiger partial charge in [0.25, 0.3) is 0 Å². The van der Waals surface area contributed by atoms with Crippen LogP contribution in [0.25, 0.3) is 0 Å². The SMILES string of the molecule is CCC(CNC(=O)C1(CN)CC1)CC(=O)O. The Balaban J connectivity index is 2.32. The summed E-state index contributed by atoms with van der Waals surface area (Å²) >= 11 is 0. The van der Waals surface area contributed by atoms with Crippen LogP contribution in [0.4, 0.5) is 0 Å². The lowest BCUT2D eigenvalue weighted by molar-refractivity contribution is -0.138. The third-order valence-electron chi connectivity index (χ3n) is 3.32. The van der Waals surface area contributed by atoms with Crippen molar-refractivity contribution in [2.75, 3.05) is 13.1 Å². The van der Waals surface area contributed by atoms with E-state index in [9.17, 15) is 9.59 Å². The van der Waals surface area contributed by atoms with E-state index in [1.54, 1.807) is 0 Å². The van der Waals surface area contributed by atoms with E-state index in [-0.39, 0.29) is 23.7 Å². The molecular formula is C11H20N2O3. The highest BCUT2D eigenvalue weighted by molar-refractivity contribution is 5.85. The number of carbonyl (C=O) groups excluding carboxylic acids is 1. The summed E-state index contributed by atoms with van der Waals surface area (Å²) in [6.45, 7) is 2.74. The Hall–Kier alpha value is -1.10. The maximum absolute atomic E-state index is 11.7. The number of carboxylic acid groups (broad SMARTS) is 1. The minimum atomic E-state index is -0.818. The second-order valence-electron chi connectivity index (χ2n) is 4.57. The average molecular weight is 228 g/mol. The molecule has 0 aromatic heterocycles. The van der Waals surface area contributed by atoms with Gasteiger partial charge in [-0.25, -0.2) is 0 Å². The first kappa shape index (κ1) is 13.0. The predicted molar refractivity (Wildman–Crippen MR) is 59.8 cm³/mol. The molecule has 1 rings (SSSR count). The van der Waals surface area contributed by atoms with E-state index in [1.165, 1.54) is 0 Å². The summed E-state index contributed by atoms with van der Waals surface area (Å²) < 4.78 is 0. The first-order valence-corrected chi connectivity index (χ1v) is 5.74. The molecule has 16 heavy (non-hydrogen) atoms. The van der Waals surface area contributed by atoms with Crippen LogP contribution >= 0.6 is 0 Å². The second-order valence-corrected chi connectivity index (χ2v) is 4.57. The van der Waals surface area contributed by atoms with Crippen LogP contribution < -0.4 is 11.1 Å². The molecule has 1 saturated carbocycles. The summed E-state index contributed by atoms with van der Waals surface area (Å²) in [5.41, 5.74) is 5.19. The third kappa shape index (κ3) is 3.20. The number of nitrogens with two attached hydrogens (primary N) is 1. The molecule has 1 atom stereocenters. The average Bonchev–Trinajstić information content (AvgIpc) is 3.04. The van der Waals surface area contributed by atoms with Crippen LogP contribution in [0.15, 0.2) is 0 Å². The molecule has 1 aliphatic rings. The molecule has 92 valence electrons. The van der Waals surface area contributed by atoms with Crippen molar-refractivity contribution in [2.45, 2.75) is 32.6 Å². The summed E-state index contributed by atoms with van der Waals surface area (Å²) in [5.74, 6) is -0.824.